The van der Waals surface area contributed by atoms with Crippen molar-refractivity contribution >= 4 is 33.4 Å². The lowest BCUT2D eigenvalue weighted by Crippen LogP contribution is -2.13. The Labute approximate surface area is 199 Å². The van der Waals surface area contributed by atoms with E-state index in [1.165, 1.54) is 22.7 Å². The number of hydrogen-bond donors (Lipinski definition) is 1. The standard InChI is InChI=1S/C20H21N3O3.C6H14S/c1-6-18(24)26-13-7-8-15-16(11-13)22-23(21-15)17-10-12(2)9-14(19(17)25)20(3,4)5;1-4-6-7(3)5-2/h6-11,25H,1H2,2-5H3;3-6H2,1-2H3. The molecular formula is C26H35N3O3S. The van der Waals surface area contributed by atoms with Gasteiger partial charge in [0.2, 0.25) is 0 Å². The number of esters is 1. The molecule has 1 atom stereocenters. The van der Waals surface area contributed by atoms with Gasteiger partial charge < -0.3 is 9.84 Å². The SMILES string of the molecule is C=CC(=O)Oc1ccc2nn(-c3cc(C)cc(C(C)(C)C)c3O)nc2c1.C=S(CC)CCC. The van der Waals surface area contributed by atoms with Crippen molar-refractivity contribution in [3.63, 3.8) is 0 Å². The molecule has 1 heterocycles. The fourth-order valence-electron chi connectivity index (χ4n) is 3.14. The van der Waals surface area contributed by atoms with Gasteiger partial charge in [0.1, 0.15) is 28.2 Å². The molecule has 3 aromatic rings. The van der Waals surface area contributed by atoms with Crippen LogP contribution >= 0.6 is 10.5 Å². The number of hydrogen-bond acceptors (Lipinski definition) is 5. The quantitative estimate of drug-likeness (QED) is 0.209. The third-order valence-corrected chi connectivity index (χ3v) is 6.70. The molecule has 1 aromatic heterocycles. The van der Waals surface area contributed by atoms with Gasteiger partial charge in [0.05, 0.1) is 0 Å². The van der Waals surface area contributed by atoms with Gasteiger partial charge in [-0.2, -0.15) is 10.5 Å². The molecule has 0 spiro atoms. The van der Waals surface area contributed by atoms with Crippen LogP contribution in [0.15, 0.2) is 43.0 Å². The van der Waals surface area contributed by atoms with Crippen LogP contribution in [-0.2, 0) is 10.2 Å². The number of aromatic hydroxyl groups is 1. The lowest BCUT2D eigenvalue weighted by Gasteiger charge is -2.22. The maximum absolute atomic E-state index is 11.3. The fraction of sp³-hybridized carbons (Fsp3) is 0.385. The van der Waals surface area contributed by atoms with Crippen molar-refractivity contribution in [3.05, 3.63) is 54.1 Å². The number of rotatable bonds is 6. The van der Waals surface area contributed by atoms with E-state index in [0.717, 1.165) is 17.2 Å². The lowest BCUT2D eigenvalue weighted by atomic mass is 9.85. The molecular weight excluding hydrogens is 434 g/mol. The molecule has 1 N–H and O–H groups in total. The summed E-state index contributed by atoms with van der Waals surface area (Å²) < 4.78 is 5.11. The molecule has 0 amide bonds. The molecule has 0 saturated carbocycles. The first-order valence-electron chi connectivity index (χ1n) is 11.0. The monoisotopic (exact) mass is 469 g/mol. The molecule has 0 aliphatic carbocycles. The van der Waals surface area contributed by atoms with Gasteiger partial charge in [0.15, 0.2) is 0 Å². The first-order valence-corrected chi connectivity index (χ1v) is 12.8. The minimum absolute atomic E-state index is 0.154. The molecule has 0 bridgehead atoms. The number of carbonyl (C=O) groups is 1. The van der Waals surface area contributed by atoms with E-state index < -0.39 is 5.97 Å². The van der Waals surface area contributed by atoms with Crippen LogP contribution in [0.4, 0.5) is 0 Å². The Morgan fingerprint density at radius 3 is 2.39 bits per heavy atom. The van der Waals surface area contributed by atoms with Crippen molar-refractivity contribution < 1.29 is 14.6 Å². The predicted octanol–water partition coefficient (Wildman–Crippen LogP) is 5.94. The summed E-state index contributed by atoms with van der Waals surface area (Å²) in [5.41, 5.74) is 3.30. The van der Waals surface area contributed by atoms with E-state index in [4.69, 9.17) is 4.74 Å². The highest BCUT2D eigenvalue weighted by Crippen LogP contribution is 2.36. The maximum Gasteiger partial charge on any atom is 0.335 e. The summed E-state index contributed by atoms with van der Waals surface area (Å²) in [6.45, 7) is 15.9. The first-order chi connectivity index (χ1) is 15.5. The molecule has 0 aliphatic rings. The van der Waals surface area contributed by atoms with Crippen LogP contribution in [0.25, 0.3) is 16.7 Å². The smallest absolute Gasteiger partial charge is 0.335 e. The van der Waals surface area contributed by atoms with Crippen molar-refractivity contribution in [1.82, 2.24) is 15.0 Å². The Kier molecular flexibility index (Phi) is 8.99. The highest BCUT2D eigenvalue weighted by atomic mass is 32.2. The second kappa shape index (κ2) is 11.3. The molecule has 0 fully saturated rings. The van der Waals surface area contributed by atoms with Crippen molar-refractivity contribution in [2.24, 2.45) is 0 Å². The molecule has 178 valence electrons. The number of fused-ring (bicyclic) bond motifs is 1. The zero-order valence-corrected chi connectivity index (χ0v) is 21.3. The number of benzene rings is 2. The fourth-order valence-corrected chi connectivity index (χ4v) is 4.01. The summed E-state index contributed by atoms with van der Waals surface area (Å²) in [5.74, 6) is 6.52. The Morgan fingerprint density at radius 2 is 1.85 bits per heavy atom. The van der Waals surface area contributed by atoms with Gasteiger partial charge in [-0.05, 0) is 54.0 Å². The second-order valence-electron chi connectivity index (χ2n) is 8.80. The number of carbonyl (C=O) groups excluding carboxylic acids is 1. The summed E-state index contributed by atoms with van der Waals surface area (Å²) in [7, 11) is 0.473. The van der Waals surface area contributed by atoms with Gasteiger partial charge in [0.25, 0.3) is 0 Å². The van der Waals surface area contributed by atoms with Gasteiger partial charge in [0, 0.05) is 17.7 Å². The van der Waals surface area contributed by atoms with E-state index >= 15 is 0 Å². The van der Waals surface area contributed by atoms with Crippen LogP contribution < -0.4 is 4.74 Å². The number of phenols is 1. The molecule has 7 heteroatoms. The van der Waals surface area contributed by atoms with E-state index in [1.54, 1.807) is 18.2 Å². The van der Waals surface area contributed by atoms with E-state index in [2.05, 4.69) is 36.5 Å². The van der Waals surface area contributed by atoms with Crippen LogP contribution in [0.5, 0.6) is 11.5 Å². The number of phenolic OH excluding ortho intramolecular Hbond substituents is 1. The normalized spacial score (nSPS) is 12.1. The van der Waals surface area contributed by atoms with Crippen molar-refractivity contribution in [3.8, 4) is 17.2 Å². The van der Waals surface area contributed by atoms with E-state index in [1.807, 2.05) is 39.8 Å². The van der Waals surface area contributed by atoms with E-state index in [-0.39, 0.29) is 11.2 Å². The summed E-state index contributed by atoms with van der Waals surface area (Å²) >= 11 is 0. The third-order valence-electron chi connectivity index (χ3n) is 4.90. The topological polar surface area (TPSA) is 77.2 Å². The van der Waals surface area contributed by atoms with Crippen molar-refractivity contribution in [1.29, 1.82) is 0 Å². The highest BCUT2D eigenvalue weighted by Gasteiger charge is 2.22. The zero-order valence-electron chi connectivity index (χ0n) is 20.5. The molecule has 6 nitrogen and oxygen atoms in total. The predicted molar refractivity (Wildman–Crippen MR) is 140 cm³/mol. The summed E-state index contributed by atoms with van der Waals surface area (Å²) in [6, 6.07) is 8.77. The van der Waals surface area contributed by atoms with Gasteiger partial charge in [-0.25, -0.2) is 4.79 Å². The minimum Gasteiger partial charge on any atom is -0.505 e. The highest BCUT2D eigenvalue weighted by molar-refractivity contribution is 8.14. The molecule has 0 saturated heterocycles. The Hall–Kier alpha value is -2.93. The average molecular weight is 470 g/mol. The first kappa shape index (κ1) is 26.3. The molecule has 33 heavy (non-hydrogen) atoms. The Morgan fingerprint density at radius 1 is 1.18 bits per heavy atom. The Bertz CT molecular complexity index is 1160. The van der Waals surface area contributed by atoms with Crippen LogP contribution in [0, 0.1) is 6.92 Å². The number of nitrogens with zero attached hydrogens (tertiary/aromatic N) is 3. The number of aromatic nitrogens is 3. The summed E-state index contributed by atoms with van der Waals surface area (Å²) in [4.78, 5) is 12.7. The summed E-state index contributed by atoms with van der Waals surface area (Å²) in [6.07, 6.45) is 2.39. The molecule has 2 aromatic carbocycles. The Balaban J connectivity index is 0.000000479. The van der Waals surface area contributed by atoms with E-state index in [9.17, 15) is 9.90 Å². The lowest BCUT2D eigenvalue weighted by molar-refractivity contribution is -0.128. The third kappa shape index (κ3) is 7.02. The largest absolute Gasteiger partial charge is 0.505 e. The van der Waals surface area contributed by atoms with Crippen LogP contribution in [0.3, 0.4) is 0 Å². The van der Waals surface area contributed by atoms with Crippen molar-refractivity contribution in [2.75, 3.05) is 11.5 Å². The van der Waals surface area contributed by atoms with Crippen LogP contribution in [-0.4, -0.2) is 43.4 Å². The van der Waals surface area contributed by atoms with Gasteiger partial charge in [-0.15, -0.1) is 15.0 Å². The van der Waals surface area contributed by atoms with E-state index in [0.29, 0.717) is 33.0 Å². The zero-order chi connectivity index (χ0) is 24.8. The molecule has 0 radical (unpaired) electrons. The average Bonchev–Trinajstić information content (AvgIpc) is 3.18. The van der Waals surface area contributed by atoms with Gasteiger partial charge >= 0.3 is 5.97 Å². The minimum atomic E-state index is -0.539. The van der Waals surface area contributed by atoms with Crippen LogP contribution in [0.2, 0.25) is 0 Å². The molecule has 1 unspecified atom stereocenters. The number of ether oxygens (including phenoxy) is 1. The summed E-state index contributed by atoms with van der Waals surface area (Å²) in [5, 5.41) is 19.6. The molecule has 3 rings (SSSR count). The molecule has 0 aliphatic heterocycles. The van der Waals surface area contributed by atoms with Crippen LogP contribution in [0.1, 0.15) is 52.2 Å². The number of aryl methyl sites for hydroxylation is 1. The second-order valence-corrected chi connectivity index (χ2v) is 11.0. The maximum atomic E-state index is 11.3. The van der Waals surface area contributed by atoms with Gasteiger partial charge in [-0.1, -0.05) is 53.1 Å². The van der Waals surface area contributed by atoms with Gasteiger partial charge in [-0.3, -0.25) is 0 Å². The van der Waals surface area contributed by atoms with Crippen molar-refractivity contribution in [2.45, 2.75) is 53.4 Å².